The molecule has 0 fully saturated rings. The van der Waals surface area contributed by atoms with E-state index in [1.807, 2.05) is 37.3 Å². The van der Waals surface area contributed by atoms with Gasteiger partial charge in [-0.25, -0.2) is 12.8 Å². The first-order chi connectivity index (χ1) is 20.6. The number of carbonyl (C=O) groups excluding carboxylic acids is 2. The first kappa shape index (κ1) is 31.2. The summed E-state index contributed by atoms with van der Waals surface area (Å²) in [5.41, 5.74) is 2.67. The zero-order chi connectivity index (χ0) is 31.0. The maximum Gasteiger partial charge on any atom is 0.264 e. The summed E-state index contributed by atoms with van der Waals surface area (Å²) in [6.07, 6.45) is 0.200. The number of likely N-dealkylation sites (N-methyl/N-ethyl adjacent to an activating group) is 1. The van der Waals surface area contributed by atoms with Crippen molar-refractivity contribution in [3.63, 3.8) is 0 Å². The summed E-state index contributed by atoms with van der Waals surface area (Å²) in [5, 5.41) is 2.66. The van der Waals surface area contributed by atoms with Crippen molar-refractivity contribution in [1.29, 1.82) is 0 Å². The van der Waals surface area contributed by atoms with E-state index in [2.05, 4.69) is 5.32 Å². The van der Waals surface area contributed by atoms with Gasteiger partial charge < -0.3 is 15.0 Å². The Kier molecular flexibility index (Phi) is 10.2. The maximum atomic E-state index is 14.3. The summed E-state index contributed by atoms with van der Waals surface area (Å²) in [5.74, 6) is -1.01. The van der Waals surface area contributed by atoms with Crippen LogP contribution in [0, 0.1) is 12.7 Å². The lowest BCUT2D eigenvalue weighted by atomic mass is 10.0. The fourth-order valence-electron chi connectivity index (χ4n) is 4.66. The minimum absolute atomic E-state index is 0.0132. The second-order valence-electron chi connectivity index (χ2n) is 9.99. The number of nitrogens with zero attached hydrogens (tertiary/aromatic N) is 2. The Balaban J connectivity index is 1.79. The highest BCUT2D eigenvalue weighted by atomic mass is 32.2. The average molecular weight is 604 g/mol. The second kappa shape index (κ2) is 14.0. The lowest BCUT2D eigenvalue weighted by molar-refractivity contribution is -0.139. The monoisotopic (exact) mass is 603 g/mol. The number of benzene rings is 4. The Morgan fingerprint density at radius 1 is 0.884 bits per heavy atom. The Hall–Kier alpha value is -4.70. The van der Waals surface area contributed by atoms with Gasteiger partial charge in [0.2, 0.25) is 11.8 Å². The predicted octanol–water partition coefficient (Wildman–Crippen LogP) is 4.72. The van der Waals surface area contributed by atoms with Crippen molar-refractivity contribution >= 4 is 27.5 Å². The van der Waals surface area contributed by atoms with Crippen LogP contribution in [0.15, 0.2) is 108 Å². The van der Waals surface area contributed by atoms with Gasteiger partial charge >= 0.3 is 0 Å². The Labute approximate surface area is 251 Å². The van der Waals surface area contributed by atoms with Crippen molar-refractivity contribution in [3.05, 3.63) is 126 Å². The molecule has 0 aliphatic carbocycles. The lowest BCUT2D eigenvalue weighted by Crippen LogP contribution is -2.53. The van der Waals surface area contributed by atoms with Crippen molar-refractivity contribution < 1.29 is 27.1 Å². The molecule has 0 heterocycles. The van der Waals surface area contributed by atoms with Crippen molar-refractivity contribution in [2.45, 2.75) is 30.8 Å². The van der Waals surface area contributed by atoms with Gasteiger partial charge in [0, 0.05) is 20.0 Å². The Morgan fingerprint density at radius 2 is 1.53 bits per heavy atom. The SMILES string of the molecule is CNC(=O)[C@H](Cc1ccccc1)N(Cc1cccc(OC)c1)C(=O)CN(c1ccc(C)cc1)S(=O)(=O)c1ccc(F)cc1. The fraction of sp³-hybridized carbons (Fsp3) is 0.212. The van der Waals surface area contributed by atoms with Crippen LogP contribution in [-0.4, -0.2) is 51.9 Å². The fourth-order valence-corrected chi connectivity index (χ4v) is 6.08. The largest absolute Gasteiger partial charge is 0.497 e. The van der Waals surface area contributed by atoms with Crippen molar-refractivity contribution in [1.82, 2.24) is 10.2 Å². The lowest BCUT2D eigenvalue weighted by Gasteiger charge is -2.33. The predicted molar refractivity (Wildman–Crippen MR) is 164 cm³/mol. The molecule has 0 spiro atoms. The van der Waals surface area contributed by atoms with E-state index in [0.29, 0.717) is 11.3 Å². The van der Waals surface area contributed by atoms with Gasteiger partial charge in [-0.1, -0.05) is 60.2 Å². The van der Waals surface area contributed by atoms with E-state index in [1.54, 1.807) is 48.5 Å². The van der Waals surface area contributed by atoms with E-state index >= 15 is 0 Å². The molecule has 1 atom stereocenters. The Morgan fingerprint density at radius 3 is 2.16 bits per heavy atom. The molecule has 2 amide bonds. The highest BCUT2D eigenvalue weighted by Crippen LogP contribution is 2.26. The molecule has 4 aromatic carbocycles. The van der Waals surface area contributed by atoms with E-state index in [0.717, 1.165) is 39.7 Å². The number of amides is 2. The number of carbonyl (C=O) groups is 2. The van der Waals surface area contributed by atoms with Gasteiger partial charge in [-0.05, 0) is 66.6 Å². The zero-order valence-electron chi connectivity index (χ0n) is 24.2. The first-order valence-corrected chi connectivity index (χ1v) is 15.1. The van der Waals surface area contributed by atoms with Crippen LogP contribution in [0.25, 0.3) is 0 Å². The number of rotatable bonds is 12. The van der Waals surface area contributed by atoms with Crippen LogP contribution < -0.4 is 14.4 Å². The van der Waals surface area contributed by atoms with Crippen molar-refractivity contribution in [3.8, 4) is 5.75 Å². The van der Waals surface area contributed by atoms with E-state index < -0.39 is 40.2 Å². The molecule has 4 rings (SSSR count). The molecule has 1 N–H and O–H groups in total. The minimum atomic E-state index is -4.31. The number of hydrogen-bond donors (Lipinski definition) is 1. The average Bonchev–Trinajstić information content (AvgIpc) is 3.02. The second-order valence-corrected chi connectivity index (χ2v) is 11.9. The number of hydrogen-bond acceptors (Lipinski definition) is 5. The number of methoxy groups -OCH3 is 1. The zero-order valence-corrected chi connectivity index (χ0v) is 25.1. The summed E-state index contributed by atoms with van der Waals surface area (Å²) in [6.45, 7) is 1.27. The number of nitrogens with one attached hydrogen (secondary N) is 1. The molecule has 0 radical (unpaired) electrons. The van der Waals surface area contributed by atoms with Crippen LogP contribution in [-0.2, 0) is 32.6 Å². The summed E-state index contributed by atoms with van der Waals surface area (Å²) < 4.78 is 47.9. The van der Waals surface area contributed by atoms with Gasteiger partial charge in [-0.2, -0.15) is 0 Å². The summed E-state index contributed by atoms with van der Waals surface area (Å²) >= 11 is 0. The highest BCUT2D eigenvalue weighted by molar-refractivity contribution is 7.92. The van der Waals surface area contributed by atoms with Crippen molar-refractivity contribution in [2.75, 3.05) is 25.0 Å². The highest BCUT2D eigenvalue weighted by Gasteiger charge is 2.34. The van der Waals surface area contributed by atoms with Crippen LogP contribution in [0.1, 0.15) is 16.7 Å². The van der Waals surface area contributed by atoms with Crippen LogP contribution in [0.3, 0.4) is 0 Å². The number of ether oxygens (including phenoxy) is 1. The summed E-state index contributed by atoms with van der Waals surface area (Å²) in [7, 11) is -1.28. The number of aryl methyl sites for hydroxylation is 1. The molecule has 4 aromatic rings. The minimum Gasteiger partial charge on any atom is -0.497 e. The third kappa shape index (κ3) is 7.78. The molecular weight excluding hydrogens is 569 g/mol. The molecule has 0 saturated carbocycles. The Bertz CT molecular complexity index is 1650. The third-order valence-corrected chi connectivity index (χ3v) is 8.80. The molecular formula is C33H34FN3O5S. The van der Waals surface area contributed by atoms with E-state index in [-0.39, 0.29) is 23.5 Å². The van der Waals surface area contributed by atoms with Crippen molar-refractivity contribution in [2.24, 2.45) is 0 Å². The number of sulfonamides is 1. The summed E-state index contributed by atoms with van der Waals surface area (Å²) in [4.78, 5) is 28.8. The number of anilines is 1. The van der Waals surface area contributed by atoms with E-state index in [4.69, 9.17) is 4.74 Å². The van der Waals surface area contributed by atoms with Gasteiger partial charge in [0.05, 0.1) is 17.7 Å². The quantitative estimate of drug-likeness (QED) is 0.253. The van der Waals surface area contributed by atoms with Crippen LogP contribution in [0.4, 0.5) is 10.1 Å². The van der Waals surface area contributed by atoms with Crippen LogP contribution in [0.5, 0.6) is 5.75 Å². The molecule has 0 saturated heterocycles. The van der Waals surface area contributed by atoms with Gasteiger partial charge in [0.15, 0.2) is 0 Å². The smallest absolute Gasteiger partial charge is 0.264 e. The van der Waals surface area contributed by atoms with Gasteiger partial charge in [-0.15, -0.1) is 0 Å². The molecule has 0 aliphatic rings. The van der Waals surface area contributed by atoms with Gasteiger partial charge in [-0.3, -0.25) is 13.9 Å². The number of halogens is 1. The first-order valence-electron chi connectivity index (χ1n) is 13.6. The molecule has 0 aliphatic heterocycles. The maximum absolute atomic E-state index is 14.3. The molecule has 43 heavy (non-hydrogen) atoms. The van der Waals surface area contributed by atoms with E-state index in [9.17, 15) is 22.4 Å². The molecule has 8 nitrogen and oxygen atoms in total. The standard InChI is InChI=1S/C33H34FN3O5S/c1-24-12-16-28(17-13-24)37(43(40,41)30-18-14-27(34)15-19-30)23-32(38)36(22-26-10-7-11-29(20-26)42-3)31(33(39)35-2)21-25-8-5-4-6-9-25/h4-20,31H,21-23H2,1-3H3,(H,35,39)/t31-/m0/s1. The normalized spacial score (nSPS) is 11.8. The molecule has 224 valence electrons. The summed E-state index contributed by atoms with van der Waals surface area (Å²) in [6, 6.07) is 26.6. The van der Waals surface area contributed by atoms with Crippen LogP contribution in [0.2, 0.25) is 0 Å². The van der Waals surface area contributed by atoms with Crippen LogP contribution >= 0.6 is 0 Å². The molecule has 10 heteroatoms. The van der Waals surface area contributed by atoms with Gasteiger partial charge in [0.25, 0.3) is 10.0 Å². The molecule has 0 aromatic heterocycles. The topological polar surface area (TPSA) is 96.0 Å². The molecule has 0 bridgehead atoms. The molecule has 0 unspecified atom stereocenters. The van der Waals surface area contributed by atoms with E-state index in [1.165, 1.54) is 19.1 Å². The van der Waals surface area contributed by atoms with Gasteiger partial charge in [0.1, 0.15) is 24.2 Å². The third-order valence-electron chi connectivity index (χ3n) is 7.01.